The van der Waals surface area contributed by atoms with Gasteiger partial charge in [0.1, 0.15) is 0 Å². The zero-order chi connectivity index (χ0) is 19.5. The Bertz CT molecular complexity index is 1040. The maximum atomic E-state index is 12.5. The molecule has 0 radical (unpaired) electrons. The molecule has 0 aliphatic carbocycles. The molecule has 0 bridgehead atoms. The number of rotatable bonds is 5. The van der Waals surface area contributed by atoms with E-state index in [-0.39, 0.29) is 11.5 Å². The molecule has 3 heterocycles. The molecule has 0 spiro atoms. The van der Waals surface area contributed by atoms with E-state index >= 15 is 0 Å². The number of thiazole rings is 1. The van der Waals surface area contributed by atoms with Crippen LogP contribution in [0.1, 0.15) is 5.69 Å². The standard InChI is InChI=1S/C19H19ClN4O2S2/c20-15-3-1-2-4-16(15)22-5-7-23(8-6-22)18(26)13-27-12-14-11-17(25)24-9-10-28-19(24)21-14/h1-4,9-11H,5-8,12-13H2. The van der Waals surface area contributed by atoms with Gasteiger partial charge in [0.05, 0.1) is 22.2 Å². The molecule has 2 aromatic heterocycles. The summed E-state index contributed by atoms with van der Waals surface area (Å²) in [5.41, 5.74) is 1.66. The third-order valence-corrected chi connectivity index (χ3v) is 6.68. The van der Waals surface area contributed by atoms with E-state index in [0.29, 0.717) is 35.3 Å². The third-order valence-electron chi connectivity index (χ3n) is 4.66. The molecule has 1 amide bonds. The summed E-state index contributed by atoms with van der Waals surface area (Å²) in [7, 11) is 0. The molecule has 1 aliphatic heterocycles. The number of piperazine rings is 1. The van der Waals surface area contributed by atoms with Gasteiger partial charge >= 0.3 is 0 Å². The molecule has 0 unspecified atom stereocenters. The molecule has 4 rings (SSSR count). The SMILES string of the molecule is O=C(CSCc1cc(=O)n2ccsc2n1)N1CCN(c2ccccc2Cl)CC1. The van der Waals surface area contributed by atoms with Gasteiger partial charge in [0.15, 0.2) is 4.96 Å². The Hall–Kier alpha value is -2.03. The van der Waals surface area contributed by atoms with Crippen LogP contribution in [0.25, 0.3) is 4.96 Å². The molecule has 28 heavy (non-hydrogen) atoms. The number of thioether (sulfide) groups is 1. The fourth-order valence-corrected chi connectivity index (χ4v) is 5.01. The topological polar surface area (TPSA) is 57.9 Å². The normalized spacial score (nSPS) is 14.6. The highest BCUT2D eigenvalue weighted by atomic mass is 35.5. The molecule has 1 fully saturated rings. The van der Waals surface area contributed by atoms with E-state index in [4.69, 9.17) is 11.6 Å². The fraction of sp³-hybridized carbons (Fsp3) is 0.316. The van der Waals surface area contributed by atoms with Crippen LogP contribution in [-0.2, 0) is 10.5 Å². The summed E-state index contributed by atoms with van der Waals surface area (Å²) in [6, 6.07) is 9.33. The zero-order valence-electron chi connectivity index (χ0n) is 15.1. The van der Waals surface area contributed by atoms with Gasteiger partial charge in [0.25, 0.3) is 5.56 Å². The van der Waals surface area contributed by atoms with Gasteiger partial charge in [-0.25, -0.2) is 4.98 Å². The Morgan fingerprint density at radius 1 is 1.21 bits per heavy atom. The largest absolute Gasteiger partial charge is 0.367 e. The van der Waals surface area contributed by atoms with Gasteiger partial charge in [-0.2, -0.15) is 0 Å². The van der Waals surface area contributed by atoms with Crippen LogP contribution < -0.4 is 10.5 Å². The highest BCUT2D eigenvalue weighted by Gasteiger charge is 2.22. The molecule has 3 aromatic rings. The second-order valence-corrected chi connectivity index (χ2v) is 8.72. The van der Waals surface area contributed by atoms with Crippen LogP contribution in [0, 0.1) is 0 Å². The van der Waals surface area contributed by atoms with Gasteiger partial charge in [0, 0.05) is 49.6 Å². The molecule has 1 aromatic carbocycles. The third kappa shape index (κ3) is 4.19. The van der Waals surface area contributed by atoms with Crippen LogP contribution >= 0.6 is 34.7 Å². The van der Waals surface area contributed by atoms with Crippen molar-refractivity contribution in [1.29, 1.82) is 0 Å². The van der Waals surface area contributed by atoms with Crippen molar-refractivity contribution in [2.75, 3.05) is 36.8 Å². The molecule has 146 valence electrons. The molecule has 1 saturated heterocycles. The van der Waals surface area contributed by atoms with E-state index in [9.17, 15) is 9.59 Å². The Kier molecular flexibility index (Phi) is 5.89. The van der Waals surface area contributed by atoms with Crippen molar-refractivity contribution in [2.45, 2.75) is 5.75 Å². The lowest BCUT2D eigenvalue weighted by atomic mass is 10.2. The molecule has 0 N–H and O–H groups in total. The van der Waals surface area contributed by atoms with Gasteiger partial charge in [-0.1, -0.05) is 23.7 Å². The van der Waals surface area contributed by atoms with E-state index in [1.54, 1.807) is 12.3 Å². The van der Waals surface area contributed by atoms with Crippen molar-refractivity contribution in [3.8, 4) is 0 Å². The zero-order valence-corrected chi connectivity index (χ0v) is 17.5. The second-order valence-electron chi connectivity index (χ2n) is 6.45. The Labute approximate surface area is 175 Å². The highest BCUT2D eigenvalue weighted by Crippen LogP contribution is 2.26. The number of aromatic nitrogens is 2. The van der Waals surface area contributed by atoms with Gasteiger partial charge in [0.2, 0.25) is 5.91 Å². The number of carbonyl (C=O) groups excluding carboxylic acids is 1. The highest BCUT2D eigenvalue weighted by molar-refractivity contribution is 7.99. The number of hydrogen-bond acceptors (Lipinski definition) is 6. The maximum absolute atomic E-state index is 12.5. The van der Waals surface area contributed by atoms with Gasteiger partial charge in [-0.15, -0.1) is 23.1 Å². The average molecular weight is 435 g/mol. The summed E-state index contributed by atoms with van der Waals surface area (Å²) < 4.78 is 1.53. The Morgan fingerprint density at radius 3 is 2.79 bits per heavy atom. The van der Waals surface area contributed by atoms with Crippen LogP contribution in [0.3, 0.4) is 0 Å². The van der Waals surface area contributed by atoms with Crippen molar-refractivity contribution < 1.29 is 4.79 Å². The minimum atomic E-state index is -0.0797. The first-order valence-corrected chi connectivity index (χ1v) is 11.3. The first-order chi connectivity index (χ1) is 13.6. The van der Waals surface area contributed by atoms with Crippen molar-refractivity contribution in [1.82, 2.24) is 14.3 Å². The number of fused-ring (bicyclic) bond motifs is 1. The van der Waals surface area contributed by atoms with Gasteiger partial charge in [-0.3, -0.25) is 14.0 Å². The molecule has 1 aliphatic rings. The number of hydrogen-bond donors (Lipinski definition) is 0. The van der Waals surface area contributed by atoms with Crippen LogP contribution in [0.15, 0.2) is 46.7 Å². The lowest BCUT2D eigenvalue weighted by molar-refractivity contribution is -0.128. The minimum Gasteiger partial charge on any atom is -0.367 e. The van der Waals surface area contributed by atoms with E-state index in [0.717, 1.165) is 23.8 Å². The van der Waals surface area contributed by atoms with Crippen molar-refractivity contribution in [3.63, 3.8) is 0 Å². The number of halogens is 1. The lowest BCUT2D eigenvalue weighted by Crippen LogP contribution is -2.49. The maximum Gasteiger partial charge on any atom is 0.258 e. The first kappa shape index (κ1) is 19.3. The molecular formula is C19H19ClN4O2S2. The average Bonchev–Trinajstić information content (AvgIpc) is 3.18. The molecule has 0 saturated carbocycles. The van der Waals surface area contributed by atoms with Gasteiger partial charge < -0.3 is 9.80 Å². The number of nitrogens with zero attached hydrogens (tertiary/aromatic N) is 4. The monoisotopic (exact) mass is 434 g/mol. The fourth-order valence-electron chi connectivity index (χ4n) is 3.20. The molecular weight excluding hydrogens is 416 g/mol. The van der Waals surface area contributed by atoms with Crippen molar-refractivity contribution >= 4 is 51.3 Å². The lowest BCUT2D eigenvalue weighted by Gasteiger charge is -2.36. The second kappa shape index (κ2) is 8.55. The van der Waals surface area contributed by atoms with Crippen molar-refractivity contribution in [2.24, 2.45) is 0 Å². The Balaban J connectivity index is 1.28. The first-order valence-electron chi connectivity index (χ1n) is 8.92. The summed E-state index contributed by atoms with van der Waals surface area (Å²) in [6.07, 6.45) is 1.72. The molecule has 6 nitrogen and oxygen atoms in total. The number of amides is 1. The summed E-state index contributed by atoms with van der Waals surface area (Å²) >= 11 is 9.20. The van der Waals surface area contributed by atoms with Crippen LogP contribution in [0.4, 0.5) is 5.69 Å². The number of benzene rings is 1. The number of carbonyl (C=O) groups is 1. The summed E-state index contributed by atoms with van der Waals surface area (Å²) in [6.45, 7) is 2.91. The summed E-state index contributed by atoms with van der Waals surface area (Å²) in [4.78, 5) is 33.8. The van der Waals surface area contributed by atoms with E-state index in [1.807, 2.05) is 34.5 Å². The van der Waals surface area contributed by atoms with Crippen LogP contribution in [0.2, 0.25) is 5.02 Å². The van der Waals surface area contributed by atoms with E-state index in [1.165, 1.54) is 27.5 Å². The van der Waals surface area contributed by atoms with Crippen LogP contribution in [-0.4, -0.2) is 52.1 Å². The van der Waals surface area contributed by atoms with E-state index < -0.39 is 0 Å². The summed E-state index contributed by atoms with van der Waals surface area (Å²) in [5.74, 6) is 1.06. The summed E-state index contributed by atoms with van der Waals surface area (Å²) in [5, 5.41) is 2.58. The predicted molar refractivity (Wildman–Crippen MR) is 116 cm³/mol. The Morgan fingerprint density at radius 2 is 2.00 bits per heavy atom. The quantitative estimate of drug-likeness (QED) is 0.617. The smallest absolute Gasteiger partial charge is 0.258 e. The number of para-hydroxylation sites is 1. The predicted octanol–water partition coefficient (Wildman–Crippen LogP) is 2.99. The number of anilines is 1. The van der Waals surface area contributed by atoms with Crippen LogP contribution in [0.5, 0.6) is 0 Å². The molecule has 9 heteroatoms. The van der Waals surface area contributed by atoms with Gasteiger partial charge in [-0.05, 0) is 12.1 Å². The van der Waals surface area contributed by atoms with E-state index in [2.05, 4.69) is 9.88 Å². The van der Waals surface area contributed by atoms with Crippen molar-refractivity contribution in [3.05, 3.63) is 63.0 Å². The molecule has 0 atom stereocenters. The minimum absolute atomic E-state index is 0.0797.